The molecule has 1 aromatic heterocycles. The number of hydrogen-bond donors (Lipinski definition) is 2. The highest BCUT2D eigenvalue weighted by Crippen LogP contribution is 2.37. The number of hydrogen-bond acceptors (Lipinski definition) is 6. The molecule has 2 N–H and O–H groups in total. The highest BCUT2D eigenvalue weighted by molar-refractivity contribution is 7.98. The zero-order valence-corrected chi connectivity index (χ0v) is 21.9. The van der Waals surface area contributed by atoms with Crippen molar-refractivity contribution in [2.75, 3.05) is 17.7 Å². The number of benzene rings is 3. The van der Waals surface area contributed by atoms with E-state index in [0.717, 1.165) is 34.7 Å². The smallest absolute Gasteiger partial charge is 0.255 e. The van der Waals surface area contributed by atoms with Gasteiger partial charge >= 0.3 is 0 Å². The van der Waals surface area contributed by atoms with Crippen molar-refractivity contribution >= 4 is 29.3 Å². The summed E-state index contributed by atoms with van der Waals surface area (Å²) in [5, 5.41) is 11.8. The molecule has 1 amide bonds. The maximum atomic E-state index is 13.6. The first kappa shape index (κ1) is 24.6. The van der Waals surface area contributed by atoms with Crippen LogP contribution in [0, 0.1) is 0 Å². The molecule has 0 spiro atoms. The minimum atomic E-state index is -0.412. The fourth-order valence-corrected chi connectivity index (χ4v) is 5.13. The molecule has 8 heteroatoms. The predicted octanol–water partition coefficient (Wildman–Crippen LogP) is 6.07. The third-order valence-electron chi connectivity index (χ3n) is 6.32. The second kappa shape index (κ2) is 10.9. The number of nitrogens with zero attached hydrogens (tertiary/aromatic N) is 3. The second-order valence-corrected chi connectivity index (χ2v) is 9.73. The first-order valence-corrected chi connectivity index (χ1v) is 13.2. The largest absolute Gasteiger partial charge is 0.497 e. The number of carbonyl (C=O) groups is 1. The molecule has 0 unspecified atom stereocenters. The number of rotatable bonds is 8. The Morgan fingerprint density at radius 3 is 2.57 bits per heavy atom. The molecule has 0 saturated heterocycles. The summed E-state index contributed by atoms with van der Waals surface area (Å²) >= 11 is 1.55. The number of carbonyl (C=O) groups excluding carboxylic acids is 1. The van der Waals surface area contributed by atoms with E-state index in [4.69, 9.17) is 14.8 Å². The van der Waals surface area contributed by atoms with Gasteiger partial charge in [-0.15, -0.1) is 5.10 Å². The molecule has 188 valence electrons. The highest BCUT2D eigenvalue weighted by atomic mass is 32.2. The van der Waals surface area contributed by atoms with Gasteiger partial charge in [0.25, 0.3) is 5.91 Å². The summed E-state index contributed by atoms with van der Waals surface area (Å²) in [6, 6.07) is 25.4. The van der Waals surface area contributed by atoms with E-state index in [9.17, 15) is 4.79 Å². The van der Waals surface area contributed by atoms with E-state index in [0.29, 0.717) is 22.4 Å². The Bertz CT molecular complexity index is 1430. The first-order valence-electron chi connectivity index (χ1n) is 12.2. The molecule has 5 rings (SSSR count). The van der Waals surface area contributed by atoms with Gasteiger partial charge < -0.3 is 15.4 Å². The normalized spacial score (nSPS) is 14.6. The number of allylic oxidation sites excluding steroid dienone is 1. The van der Waals surface area contributed by atoms with Gasteiger partial charge in [-0.25, -0.2) is 4.68 Å². The van der Waals surface area contributed by atoms with Crippen molar-refractivity contribution in [3.05, 3.63) is 107 Å². The van der Waals surface area contributed by atoms with Gasteiger partial charge in [-0.3, -0.25) is 4.79 Å². The summed E-state index contributed by atoms with van der Waals surface area (Å²) in [4.78, 5) is 18.3. The van der Waals surface area contributed by atoms with Gasteiger partial charge in [0.15, 0.2) is 0 Å². The van der Waals surface area contributed by atoms with E-state index in [1.54, 1.807) is 18.9 Å². The zero-order valence-electron chi connectivity index (χ0n) is 21.1. The Hall–Kier alpha value is -4.04. The van der Waals surface area contributed by atoms with Crippen LogP contribution in [0.5, 0.6) is 5.75 Å². The Morgan fingerprint density at radius 2 is 1.84 bits per heavy atom. The van der Waals surface area contributed by atoms with E-state index in [1.165, 1.54) is 5.56 Å². The Kier molecular flexibility index (Phi) is 7.28. The number of aromatic nitrogens is 3. The molecule has 2 heterocycles. The molecule has 1 aliphatic rings. The van der Waals surface area contributed by atoms with Crippen molar-refractivity contribution in [3.8, 4) is 5.75 Å². The third-order valence-corrected chi connectivity index (χ3v) is 7.22. The Morgan fingerprint density at radius 1 is 1.05 bits per heavy atom. The number of para-hydroxylation sites is 1. The fraction of sp³-hybridized carbons (Fsp3) is 0.207. The van der Waals surface area contributed by atoms with Gasteiger partial charge in [-0.1, -0.05) is 73.3 Å². The monoisotopic (exact) mass is 511 g/mol. The molecular weight excluding hydrogens is 482 g/mol. The van der Waals surface area contributed by atoms with E-state index in [1.807, 2.05) is 60.1 Å². The standard InChI is InChI=1S/C29H29N5O2S/c1-4-20-13-15-22(16-14-20)26-25(27(35)31-23-10-6-5-7-11-23)19(2)30-28-32-29(33-34(26)28)37-18-21-9-8-12-24(17-21)36-3/h5-17,26H,4,18H2,1-3H3,(H,31,35)(H,30,32,33)/t26-/m0/s1. The van der Waals surface area contributed by atoms with Crippen molar-refractivity contribution in [2.45, 2.75) is 37.2 Å². The van der Waals surface area contributed by atoms with E-state index < -0.39 is 6.04 Å². The SMILES string of the molecule is CCc1ccc([C@H]2C(C(=O)Nc3ccccc3)=C(C)Nc3nc(SCc4cccc(OC)c4)nn32)cc1. The van der Waals surface area contributed by atoms with E-state index in [-0.39, 0.29) is 5.91 Å². The summed E-state index contributed by atoms with van der Waals surface area (Å²) in [6.07, 6.45) is 0.947. The van der Waals surface area contributed by atoms with Gasteiger partial charge in [-0.2, -0.15) is 4.98 Å². The highest BCUT2D eigenvalue weighted by Gasteiger charge is 2.34. The third kappa shape index (κ3) is 5.39. The lowest BCUT2D eigenvalue weighted by Crippen LogP contribution is -2.31. The zero-order chi connectivity index (χ0) is 25.8. The predicted molar refractivity (Wildman–Crippen MR) is 148 cm³/mol. The topological polar surface area (TPSA) is 81.1 Å². The van der Waals surface area contributed by atoms with Gasteiger partial charge in [0.05, 0.1) is 12.7 Å². The minimum absolute atomic E-state index is 0.174. The molecule has 4 aromatic rings. The van der Waals surface area contributed by atoms with Crippen LogP contribution in [0.1, 0.15) is 36.6 Å². The maximum Gasteiger partial charge on any atom is 0.255 e. The molecule has 3 aromatic carbocycles. The second-order valence-electron chi connectivity index (χ2n) is 8.78. The van der Waals surface area contributed by atoms with Gasteiger partial charge in [0.1, 0.15) is 11.8 Å². The van der Waals surface area contributed by atoms with Gasteiger partial charge in [0.2, 0.25) is 11.1 Å². The van der Waals surface area contributed by atoms with Gasteiger partial charge in [0, 0.05) is 17.1 Å². The molecular formula is C29H29N5O2S. The molecule has 0 bridgehead atoms. The number of thioether (sulfide) groups is 1. The molecule has 1 atom stereocenters. The Balaban J connectivity index is 1.47. The van der Waals surface area contributed by atoms with Crippen LogP contribution in [0.25, 0.3) is 0 Å². The van der Waals surface area contributed by atoms with E-state index >= 15 is 0 Å². The van der Waals surface area contributed by atoms with Crippen molar-refractivity contribution in [3.63, 3.8) is 0 Å². The van der Waals surface area contributed by atoms with Crippen molar-refractivity contribution in [1.82, 2.24) is 14.8 Å². The van der Waals surface area contributed by atoms with E-state index in [2.05, 4.69) is 47.9 Å². The molecule has 1 aliphatic heterocycles. The lowest BCUT2D eigenvalue weighted by molar-refractivity contribution is -0.113. The lowest BCUT2D eigenvalue weighted by Gasteiger charge is -2.28. The molecule has 0 radical (unpaired) electrons. The summed E-state index contributed by atoms with van der Waals surface area (Å²) in [5.74, 6) is 1.96. The quantitative estimate of drug-likeness (QED) is 0.280. The number of fused-ring (bicyclic) bond motifs is 1. The summed E-state index contributed by atoms with van der Waals surface area (Å²) in [7, 11) is 1.66. The number of amides is 1. The minimum Gasteiger partial charge on any atom is -0.497 e. The molecule has 0 fully saturated rings. The van der Waals surface area contributed by atoms with Crippen LogP contribution in [-0.4, -0.2) is 27.8 Å². The van der Waals surface area contributed by atoms with Crippen LogP contribution in [0.4, 0.5) is 11.6 Å². The van der Waals surface area contributed by atoms with Crippen LogP contribution in [0.3, 0.4) is 0 Å². The molecule has 37 heavy (non-hydrogen) atoms. The molecule has 7 nitrogen and oxygen atoms in total. The van der Waals surface area contributed by atoms with Crippen molar-refractivity contribution in [1.29, 1.82) is 0 Å². The fourth-order valence-electron chi connectivity index (χ4n) is 4.36. The van der Waals surface area contributed by atoms with Crippen molar-refractivity contribution < 1.29 is 9.53 Å². The Labute approximate surface area is 221 Å². The van der Waals surface area contributed by atoms with Crippen LogP contribution < -0.4 is 15.4 Å². The lowest BCUT2D eigenvalue weighted by atomic mass is 9.94. The average molecular weight is 512 g/mol. The average Bonchev–Trinajstić information content (AvgIpc) is 3.34. The number of aryl methyl sites for hydroxylation is 1. The first-order chi connectivity index (χ1) is 18.1. The number of ether oxygens (including phenoxy) is 1. The number of anilines is 2. The molecule has 0 aliphatic carbocycles. The van der Waals surface area contributed by atoms with Crippen LogP contribution >= 0.6 is 11.8 Å². The van der Waals surface area contributed by atoms with Crippen molar-refractivity contribution in [2.24, 2.45) is 0 Å². The summed E-state index contributed by atoms with van der Waals surface area (Å²) in [5.41, 5.74) is 5.44. The van der Waals surface area contributed by atoms with Crippen LogP contribution in [0.2, 0.25) is 0 Å². The summed E-state index contributed by atoms with van der Waals surface area (Å²) < 4.78 is 7.16. The van der Waals surface area contributed by atoms with Gasteiger partial charge in [-0.05, 0) is 54.3 Å². The van der Waals surface area contributed by atoms with Crippen LogP contribution in [-0.2, 0) is 17.0 Å². The van der Waals surface area contributed by atoms with Crippen LogP contribution in [0.15, 0.2) is 95.3 Å². The number of methoxy groups -OCH3 is 1. The molecule has 0 saturated carbocycles. The number of nitrogens with one attached hydrogen (secondary N) is 2. The maximum absolute atomic E-state index is 13.6. The summed E-state index contributed by atoms with van der Waals surface area (Å²) in [6.45, 7) is 4.04.